The standard InChI is InChI=1S/C7H13NO2/c1-7(5-10-2)3-6(9)8-4-7/h3-5H2,1-2H3,(H,8,9)/t7-/m1/s1. The summed E-state index contributed by atoms with van der Waals surface area (Å²) in [5.41, 5.74) is 0.0336. The molecule has 58 valence electrons. The maximum Gasteiger partial charge on any atom is 0.220 e. The minimum atomic E-state index is 0.0336. The quantitative estimate of drug-likeness (QED) is 0.598. The minimum Gasteiger partial charge on any atom is -0.384 e. The summed E-state index contributed by atoms with van der Waals surface area (Å²) < 4.78 is 4.98. The largest absolute Gasteiger partial charge is 0.384 e. The van der Waals surface area contributed by atoms with E-state index < -0.39 is 0 Å². The summed E-state index contributed by atoms with van der Waals surface area (Å²) in [4.78, 5) is 10.8. The molecule has 1 N–H and O–H groups in total. The first-order valence-corrected chi connectivity index (χ1v) is 3.42. The summed E-state index contributed by atoms with van der Waals surface area (Å²) in [5, 5.41) is 2.78. The number of carbonyl (C=O) groups is 1. The van der Waals surface area contributed by atoms with Gasteiger partial charge in [-0.3, -0.25) is 4.79 Å². The first-order valence-electron chi connectivity index (χ1n) is 3.42. The second kappa shape index (κ2) is 2.58. The van der Waals surface area contributed by atoms with Crippen molar-refractivity contribution in [1.82, 2.24) is 5.32 Å². The van der Waals surface area contributed by atoms with E-state index in [0.717, 1.165) is 6.54 Å². The molecule has 1 amide bonds. The molecule has 10 heavy (non-hydrogen) atoms. The van der Waals surface area contributed by atoms with E-state index >= 15 is 0 Å². The Morgan fingerprint density at radius 3 is 2.90 bits per heavy atom. The molecular weight excluding hydrogens is 130 g/mol. The van der Waals surface area contributed by atoms with Crippen molar-refractivity contribution in [2.24, 2.45) is 5.41 Å². The zero-order valence-corrected chi connectivity index (χ0v) is 6.44. The number of hydrogen-bond acceptors (Lipinski definition) is 2. The number of rotatable bonds is 2. The van der Waals surface area contributed by atoms with Gasteiger partial charge in [-0.2, -0.15) is 0 Å². The third-order valence-electron chi connectivity index (χ3n) is 1.79. The Labute approximate surface area is 60.7 Å². The van der Waals surface area contributed by atoms with Crippen molar-refractivity contribution in [3.05, 3.63) is 0 Å². The van der Waals surface area contributed by atoms with Crippen LogP contribution in [-0.2, 0) is 9.53 Å². The highest BCUT2D eigenvalue weighted by atomic mass is 16.5. The van der Waals surface area contributed by atoms with E-state index in [0.29, 0.717) is 13.0 Å². The maximum absolute atomic E-state index is 10.8. The summed E-state index contributed by atoms with van der Waals surface area (Å²) in [5.74, 6) is 0.138. The second-order valence-corrected chi connectivity index (χ2v) is 3.20. The fourth-order valence-electron chi connectivity index (χ4n) is 1.28. The topological polar surface area (TPSA) is 38.3 Å². The lowest BCUT2D eigenvalue weighted by Gasteiger charge is -2.18. The molecule has 0 unspecified atom stereocenters. The molecular formula is C7H13NO2. The van der Waals surface area contributed by atoms with E-state index in [2.05, 4.69) is 12.2 Å². The Balaban J connectivity index is 2.46. The van der Waals surface area contributed by atoms with Gasteiger partial charge in [-0.1, -0.05) is 6.92 Å². The van der Waals surface area contributed by atoms with Crippen molar-refractivity contribution in [2.45, 2.75) is 13.3 Å². The van der Waals surface area contributed by atoms with Crippen LogP contribution in [0.5, 0.6) is 0 Å². The summed E-state index contributed by atoms with van der Waals surface area (Å²) >= 11 is 0. The van der Waals surface area contributed by atoms with E-state index in [4.69, 9.17) is 4.74 Å². The molecule has 1 saturated heterocycles. The normalized spacial score (nSPS) is 32.4. The maximum atomic E-state index is 10.8. The summed E-state index contributed by atoms with van der Waals surface area (Å²) in [6.07, 6.45) is 0.598. The predicted octanol–water partition coefficient (Wildman–Crippen LogP) is 0.159. The minimum absolute atomic E-state index is 0.0336. The summed E-state index contributed by atoms with van der Waals surface area (Å²) in [6, 6.07) is 0. The Hall–Kier alpha value is -0.570. The second-order valence-electron chi connectivity index (χ2n) is 3.20. The molecule has 3 heteroatoms. The van der Waals surface area contributed by atoms with Crippen LogP contribution >= 0.6 is 0 Å². The lowest BCUT2D eigenvalue weighted by Crippen LogP contribution is -2.25. The highest BCUT2D eigenvalue weighted by Gasteiger charge is 2.33. The number of ether oxygens (including phenoxy) is 1. The van der Waals surface area contributed by atoms with Gasteiger partial charge in [-0.05, 0) is 0 Å². The highest BCUT2D eigenvalue weighted by molar-refractivity contribution is 5.79. The van der Waals surface area contributed by atoms with Crippen molar-refractivity contribution in [1.29, 1.82) is 0 Å². The van der Waals surface area contributed by atoms with Crippen LogP contribution in [0, 0.1) is 5.41 Å². The highest BCUT2D eigenvalue weighted by Crippen LogP contribution is 2.24. The number of nitrogens with one attached hydrogen (secondary N) is 1. The van der Waals surface area contributed by atoms with Crippen molar-refractivity contribution >= 4 is 5.91 Å². The predicted molar refractivity (Wildman–Crippen MR) is 37.6 cm³/mol. The van der Waals surface area contributed by atoms with E-state index in [9.17, 15) is 4.79 Å². The van der Waals surface area contributed by atoms with E-state index in [-0.39, 0.29) is 11.3 Å². The zero-order valence-electron chi connectivity index (χ0n) is 6.44. The van der Waals surface area contributed by atoms with Gasteiger partial charge < -0.3 is 10.1 Å². The molecule has 0 aromatic rings. The SMILES string of the molecule is COC[C@@]1(C)CNC(=O)C1. The van der Waals surface area contributed by atoms with Crippen molar-refractivity contribution < 1.29 is 9.53 Å². The number of amides is 1. The third-order valence-corrected chi connectivity index (χ3v) is 1.79. The molecule has 1 atom stereocenters. The molecule has 0 bridgehead atoms. The Bertz CT molecular complexity index is 147. The van der Waals surface area contributed by atoms with Gasteiger partial charge in [-0.15, -0.1) is 0 Å². The van der Waals surface area contributed by atoms with Gasteiger partial charge >= 0.3 is 0 Å². The van der Waals surface area contributed by atoms with Crippen LogP contribution in [0.1, 0.15) is 13.3 Å². The molecule has 3 nitrogen and oxygen atoms in total. The van der Waals surface area contributed by atoms with Gasteiger partial charge in [0.15, 0.2) is 0 Å². The van der Waals surface area contributed by atoms with Gasteiger partial charge in [0, 0.05) is 25.5 Å². The lowest BCUT2D eigenvalue weighted by molar-refractivity contribution is -0.119. The first kappa shape index (κ1) is 7.54. The van der Waals surface area contributed by atoms with Crippen LogP contribution in [0.25, 0.3) is 0 Å². The Kier molecular flexibility index (Phi) is 1.94. The molecule has 1 heterocycles. The average molecular weight is 143 g/mol. The zero-order chi connectivity index (χ0) is 7.61. The van der Waals surface area contributed by atoms with Crippen LogP contribution in [0.2, 0.25) is 0 Å². The van der Waals surface area contributed by atoms with Crippen molar-refractivity contribution in [3.63, 3.8) is 0 Å². The fraction of sp³-hybridized carbons (Fsp3) is 0.857. The van der Waals surface area contributed by atoms with Crippen molar-refractivity contribution in [2.75, 3.05) is 20.3 Å². The van der Waals surface area contributed by atoms with Crippen LogP contribution in [0.15, 0.2) is 0 Å². The van der Waals surface area contributed by atoms with Crippen LogP contribution in [0.3, 0.4) is 0 Å². The fourth-order valence-corrected chi connectivity index (χ4v) is 1.28. The number of hydrogen-bond donors (Lipinski definition) is 1. The molecule has 0 spiro atoms. The van der Waals surface area contributed by atoms with E-state index in [1.807, 2.05) is 0 Å². The molecule has 0 aromatic carbocycles. The molecule has 0 aromatic heterocycles. The van der Waals surface area contributed by atoms with Crippen LogP contribution in [0.4, 0.5) is 0 Å². The van der Waals surface area contributed by atoms with Gasteiger partial charge in [0.1, 0.15) is 0 Å². The van der Waals surface area contributed by atoms with Gasteiger partial charge in [-0.25, -0.2) is 0 Å². The molecule has 0 radical (unpaired) electrons. The third kappa shape index (κ3) is 1.48. The average Bonchev–Trinajstić information content (AvgIpc) is 2.12. The molecule has 1 aliphatic heterocycles. The van der Waals surface area contributed by atoms with Crippen LogP contribution in [-0.4, -0.2) is 26.2 Å². The number of carbonyl (C=O) groups excluding carboxylic acids is 1. The number of methoxy groups -OCH3 is 1. The molecule has 1 rings (SSSR count). The molecule has 0 saturated carbocycles. The van der Waals surface area contributed by atoms with Crippen LogP contribution < -0.4 is 5.32 Å². The smallest absolute Gasteiger partial charge is 0.220 e. The molecule has 1 fully saturated rings. The van der Waals surface area contributed by atoms with Crippen molar-refractivity contribution in [3.8, 4) is 0 Å². The van der Waals surface area contributed by atoms with E-state index in [1.54, 1.807) is 7.11 Å². The van der Waals surface area contributed by atoms with Gasteiger partial charge in [0.2, 0.25) is 5.91 Å². The monoisotopic (exact) mass is 143 g/mol. The van der Waals surface area contributed by atoms with E-state index in [1.165, 1.54) is 0 Å². The molecule has 1 aliphatic rings. The molecule has 0 aliphatic carbocycles. The summed E-state index contributed by atoms with van der Waals surface area (Å²) in [6.45, 7) is 3.46. The first-order chi connectivity index (χ1) is 4.66. The Morgan fingerprint density at radius 1 is 1.80 bits per heavy atom. The van der Waals surface area contributed by atoms with Gasteiger partial charge in [0.05, 0.1) is 6.61 Å². The lowest BCUT2D eigenvalue weighted by atomic mass is 9.91. The summed E-state index contributed by atoms with van der Waals surface area (Å²) in [7, 11) is 1.66. The van der Waals surface area contributed by atoms with Gasteiger partial charge in [0.25, 0.3) is 0 Å². The Morgan fingerprint density at radius 2 is 2.50 bits per heavy atom.